The van der Waals surface area contributed by atoms with Gasteiger partial charge in [0.15, 0.2) is 0 Å². The van der Waals surface area contributed by atoms with Crippen molar-refractivity contribution in [3.05, 3.63) is 42.0 Å². The lowest BCUT2D eigenvalue weighted by molar-refractivity contribution is -0.164. The van der Waals surface area contributed by atoms with Crippen LogP contribution in [0.3, 0.4) is 0 Å². The third kappa shape index (κ3) is 3.80. The summed E-state index contributed by atoms with van der Waals surface area (Å²) in [4.78, 5) is 14.2. The van der Waals surface area contributed by atoms with Gasteiger partial charge in [-0.15, -0.1) is 0 Å². The molecule has 2 aromatic carbocycles. The molecule has 1 heterocycles. The van der Waals surface area contributed by atoms with E-state index in [1.165, 1.54) is 0 Å². The minimum atomic E-state index is -1.09. The highest BCUT2D eigenvalue weighted by Gasteiger charge is 2.48. The molecule has 0 unspecified atom stereocenters. The topological polar surface area (TPSA) is 70.0 Å². The highest BCUT2D eigenvalue weighted by atomic mass is 16.5. The first-order valence-electron chi connectivity index (χ1n) is 9.79. The van der Waals surface area contributed by atoms with Gasteiger partial charge in [-0.1, -0.05) is 43.7 Å². The molecule has 1 fully saturated rings. The Morgan fingerprint density at radius 3 is 2.74 bits per heavy atom. The van der Waals surface area contributed by atoms with Crippen LogP contribution in [0.2, 0.25) is 0 Å². The molecule has 27 heavy (non-hydrogen) atoms. The second kappa shape index (κ2) is 8.28. The van der Waals surface area contributed by atoms with Crippen LogP contribution in [-0.4, -0.2) is 46.9 Å². The van der Waals surface area contributed by atoms with Crippen LogP contribution in [0, 0.1) is 5.41 Å². The lowest BCUT2D eigenvalue weighted by Gasteiger charge is -2.43. The summed E-state index contributed by atoms with van der Waals surface area (Å²) < 4.78 is 5.86. The molecule has 5 heteroatoms. The third-order valence-electron chi connectivity index (χ3n) is 5.66. The van der Waals surface area contributed by atoms with Gasteiger partial charge in [0.2, 0.25) is 0 Å². The van der Waals surface area contributed by atoms with Crippen LogP contribution >= 0.6 is 0 Å². The molecule has 0 aromatic heterocycles. The molecule has 0 saturated carbocycles. The number of nitrogens with zero attached hydrogens (tertiary/aromatic N) is 1. The molecule has 5 nitrogen and oxygen atoms in total. The number of likely N-dealkylation sites (tertiary alicyclic amines) is 1. The molecule has 1 saturated heterocycles. The van der Waals surface area contributed by atoms with Crippen LogP contribution in [0.1, 0.15) is 38.7 Å². The van der Waals surface area contributed by atoms with Crippen molar-refractivity contribution in [3.8, 4) is 5.75 Å². The molecule has 0 spiro atoms. The minimum absolute atomic E-state index is 0.353. The van der Waals surface area contributed by atoms with E-state index in [9.17, 15) is 15.0 Å². The van der Waals surface area contributed by atoms with E-state index in [0.717, 1.165) is 28.5 Å². The second-order valence-corrected chi connectivity index (χ2v) is 7.42. The zero-order valence-corrected chi connectivity index (χ0v) is 16.1. The number of aliphatic hydroxyl groups excluding tert-OH is 1. The molecule has 0 amide bonds. The maximum Gasteiger partial charge on any atom is 0.313 e. The Labute approximate surface area is 160 Å². The number of ether oxygens (including phenoxy) is 1. The van der Waals surface area contributed by atoms with Crippen LogP contribution in [0.25, 0.3) is 10.8 Å². The van der Waals surface area contributed by atoms with Gasteiger partial charge in [-0.25, -0.2) is 0 Å². The molecular weight excluding hydrogens is 342 g/mol. The Kier molecular flexibility index (Phi) is 6.02. The van der Waals surface area contributed by atoms with E-state index in [1.54, 1.807) is 0 Å². The van der Waals surface area contributed by atoms with E-state index in [4.69, 9.17) is 4.74 Å². The maximum atomic E-state index is 12.0. The summed E-state index contributed by atoms with van der Waals surface area (Å²) in [5.41, 5.74) is -0.00859. The Morgan fingerprint density at radius 1 is 1.26 bits per heavy atom. The number of carboxylic acids is 1. The standard InChI is InChI=1S/C22H29NO4/c1-3-12-22(21(25)26)15-23(13-11-20(22)24)14-18-17-8-6-5-7-16(17)9-10-19(18)27-4-2/h5-10,20,24H,3-4,11-15H2,1-2H3,(H,25,26)/t20-,22-/m1/s1. The molecule has 0 aliphatic carbocycles. The molecule has 2 aromatic rings. The van der Waals surface area contributed by atoms with Gasteiger partial charge in [-0.3, -0.25) is 9.69 Å². The molecule has 146 valence electrons. The molecule has 0 radical (unpaired) electrons. The molecule has 2 N–H and O–H groups in total. The summed E-state index contributed by atoms with van der Waals surface area (Å²) in [7, 11) is 0. The Hall–Kier alpha value is -2.11. The van der Waals surface area contributed by atoms with Gasteiger partial charge in [0.05, 0.1) is 12.7 Å². The summed E-state index contributed by atoms with van der Waals surface area (Å²) in [6.45, 7) is 6.16. The average Bonchev–Trinajstić information content (AvgIpc) is 2.66. The lowest BCUT2D eigenvalue weighted by atomic mass is 9.74. The van der Waals surface area contributed by atoms with E-state index in [1.807, 2.05) is 32.0 Å². The van der Waals surface area contributed by atoms with Crippen LogP contribution in [0.15, 0.2) is 36.4 Å². The first kappa shape index (κ1) is 19.6. The van der Waals surface area contributed by atoms with Crippen molar-refractivity contribution in [2.45, 2.75) is 45.8 Å². The van der Waals surface area contributed by atoms with Crippen molar-refractivity contribution in [1.82, 2.24) is 4.90 Å². The van der Waals surface area contributed by atoms with Crippen molar-refractivity contribution < 1.29 is 19.7 Å². The number of aliphatic hydroxyl groups is 1. The van der Waals surface area contributed by atoms with Gasteiger partial charge in [0, 0.05) is 25.2 Å². The normalized spacial score (nSPS) is 23.4. The zero-order chi connectivity index (χ0) is 19.4. The first-order valence-corrected chi connectivity index (χ1v) is 9.79. The SMILES string of the molecule is CCC[C@@]1(C(=O)O)CN(Cc2c(OCC)ccc3ccccc23)CC[C@H]1O. The van der Waals surface area contributed by atoms with Crippen molar-refractivity contribution >= 4 is 16.7 Å². The van der Waals surface area contributed by atoms with E-state index >= 15 is 0 Å². The molecule has 3 rings (SSSR count). The average molecular weight is 371 g/mol. The number of benzene rings is 2. The Bertz CT molecular complexity index is 806. The predicted molar refractivity (Wildman–Crippen MR) is 106 cm³/mol. The van der Waals surface area contributed by atoms with E-state index in [2.05, 4.69) is 23.1 Å². The number of aliphatic carboxylic acids is 1. The smallest absolute Gasteiger partial charge is 0.313 e. The Morgan fingerprint density at radius 2 is 2.04 bits per heavy atom. The number of hydrogen-bond acceptors (Lipinski definition) is 4. The van der Waals surface area contributed by atoms with Crippen LogP contribution in [0.4, 0.5) is 0 Å². The van der Waals surface area contributed by atoms with Crippen molar-refractivity contribution in [1.29, 1.82) is 0 Å². The first-order chi connectivity index (χ1) is 13.0. The molecule has 1 aliphatic heterocycles. The van der Waals surface area contributed by atoms with E-state index in [0.29, 0.717) is 39.1 Å². The van der Waals surface area contributed by atoms with Gasteiger partial charge < -0.3 is 14.9 Å². The van der Waals surface area contributed by atoms with Crippen LogP contribution < -0.4 is 4.74 Å². The number of fused-ring (bicyclic) bond motifs is 1. The Balaban J connectivity index is 1.95. The molecule has 1 aliphatic rings. The largest absolute Gasteiger partial charge is 0.494 e. The van der Waals surface area contributed by atoms with Gasteiger partial charge in [-0.2, -0.15) is 0 Å². The van der Waals surface area contributed by atoms with E-state index in [-0.39, 0.29) is 0 Å². The fourth-order valence-electron chi connectivity index (χ4n) is 4.30. The molecular formula is C22H29NO4. The maximum absolute atomic E-state index is 12.0. The summed E-state index contributed by atoms with van der Waals surface area (Å²) in [5.74, 6) is -0.0526. The van der Waals surface area contributed by atoms with Crippen molar-refractivity contribution in [2.75, 3.05) is 19.7 Å². The molecule has 0 bridgehead atoms. The fraction of sp³-hybridized carbons (Fsp3) is 0.500. The van der Waals surface area contributed by atoms with Crippen molar-refractivity contribution in [2.24, 2.45) is 5.41 Å². The monoisotopic (exact) mass is 371 g/mol. The van der Waals surface area contributed by atoms with E-state index < -0.39 is 17.5 Å². The highest BCUT2D eigenvalue weighted by Crippen LogP contribution is 2.37. The minimum Gasteiger partial charge on any atom is -0.494 e. The summed E-state index contributed by atoms with van der Waals surface area (Å²) >= 11 is 0. The van der Waals surface area contributed by atoms with Crippen molar-refractivity contribution in [3.63, 3.8) is 0 Å². The van der Waals surface area contributed by atoms with Gasteiger partial charge in [0.1, 0.15) is 11.2 Å². The number of carbonyl (C=O) groups is 1. The number of hydrogen-bond donors (Lipinski definition) is 2. The predicted octanol–water partition coefficient (Wildman–Crippen LogP) is 3.68. The summed E-state index contributed by atoms with van der Waals surface area (Å²) in [5, 5.41) is 22.6. The lowest BCUT2D eigenvalue weighted by Crippen LogP contribution is -2.55. The summed E-state index contributed by atoms with van der Waals surface area (Å²) in [6.07, 6.45) is 0.884. The quantitative estimate of drug-likeness (QED) is 0.777. The van der Waals surface area contributed by atoms with Crippen LogP contribution in [-0.2, 0) is 11.3 Å². The number of piperidine rings is 1. The van der Waals surface area contributed by atoms with Gasteiger partial charge in [0.25, 0.3) is 0 Å². The molecule has 2 atom stereocenters. The number of rotatable bonds is 7. The van der Waals surface area contributed by atoms with Gasteiger partial charge >= 0.3 is 5.97 Å². The second-order valence-electron chi connectivity index (χ2n) is 7.42. The zero-order valence-electron chi connectivity index (χ0n) is 16.1. The van der Waals surface area contributed by atoms with Gasteiger partial charge in [-0.05, 0) is 36.6 Å². The third-order valence-corrected chi connectivity index (χ3v) is 5.66. The number of carboxylic acid groups (broad SMARTS) is 1. The summed E-state index contributed by atoms with van der Waals surface area (Å²) in [6, 6.07) is 12.2. The highest BCUT2D eigenvalue weighted by molar-refractivity contribution is 5.87. The fourth-order valence-corrected chi connectivity index (χ4v) is 4.30. The van der Waals surface area contributed by atoms with Crippen LogP contribution in [0.5, 0.6) is 5.75 Å².